The van der Waals surface area contributed by atoms with Crippen molar-refractivity contribution in [3.63, 3.8) is 0 Å². The van der Waals surface area contributed by atoms with Gasteiger partial charge >= 0.3 is 12.0 Å². The van der Waals surface area contributed by atoms with E-state index in [4.69, 9.17) is 11.5 Å². The second kappa shape index (κ2) is 9.34. The molecule has 0 saturated heterocycles. The molecule has 0 aromatic carbocycles. The normalized spacial score (nSPS) is 11.4. The lowest BCUT2D eigenvalue weighted by Gasteiger charge is -2.23. The van der Waals surface area contributed by atoms with Gasteiger partial charge in [0.05, 0.1) is 6.54 Å². The highest BCUT2D eigenvalue weighted by molar-refractivity contribution is 5.82. The lowest BCUT2D eigenvalue weighted by molar-refractivity contribution is -0.139. The fourth-order valence-corrected chi connectivity index (χ4v) is 1.54. The predicted molar refractivity (Wildman–Crippen MR) is 70.2 cm³/mol. The molecule has 0 aromatic rings. The first-order valence-electron chi connectivity index (χ1n) is 6.28. The summed E-state index contributed by atoms with van der Waals surface area (Å²) in [5.74, 6) is 1.39. The highest BCUT2D eigenvalue weighted by atomic mass is 16.4. The maximum absolute atomic E-state index is 11.9. The summed E-state index contributed by atoms with van der Waals surface area (Å²) in [5.41, 5.74) is 0. The van der Waals surface area contributed by atoms with E-state index in [0.29, 0.717) is 13.0 Å². The summed E-state index contributed by atoms with van der Waals surface area (Å²) in [5, 5.41) is 11.5. The third-order valence-electron chi connectivity index (χ3n) is 2.51. The Morgan fingerprint density at radius 1 is 1.39 bits per heavy atom. The van der Waals surface area contributed by atoms with Crippen molar-refractivity contribution in [2.24, 2.45) is 0 Å². The van der Waals surface area contributed by atoms with E-state index in [0.717, 1.165) is 19.3 Å². The van der Waals surface area contributed by atoms with E-state index < -0.39 is 18.0 Å². The van der Waals surface area contributed by atoms with Crippen molar-refractivity contribution >= 4 is 12.0 Å². The molecule has 0 aliphatic heterocycles. The molecule has 2 N–H and O–H groups in total. The van der Waals surface area contributed by atoms with Gasteiger partial charge in [0.1, 0.15) is 6.04 Å². The Hall–Kier alpha value is -1.70. The van der Waals surface area contributed by atoms with Crippen LogP contribution in [0.25, 0.3) is 0 Å². The molecule has 2 amide bonds. The van der Waals surface area contributed by atoms with Crippen LogP contribution >= 0.6 is 0 Å². The quantitative estimate of drug-likeness (QED) is 0.647. The summed E-state index contributed by atoms with van der Waals surface area (Å²) in [7, 11) is 0. The molecule has 0 radical (unpaired) electrons. The van der Waals surface area contributed by atoms with Gasteiger partial charge in [-0.25, -0.2) is 9.59 Å². The zero-order valence-electron chi connectivity index (χ0n) is 11.1. The second-order valence-electron chi connectivity index (χ2n) is 4.11. The smallest absolute Gasteiger partial charge is 0.326 e. The number of hydrogen-bond acceptors (Lipinski definition) is 2. The summed E-state index contributed by atoms with van der Waals surface area (Å²) < 4.78 is 0. The van der Waals surface area contributed by atoms with Crippen LogP contribution in [0.2, 0.25) is 0 Å². The Labute approximate surface area is 109 Å². The number of carbonyl (C=O) groups excluding carboxylic acids is 1. The summed E-state index contributed by atoms with van der Waals surface area (Å²) >= 11 is 0. The summed E-state index contributed by atoms with van der Waals surface area (Å²) in [6.45, 7) is 4.63. The first-order chi connectivity index (χ1) is 8.56. The molecule has 102 valence electrons. The van der Waals surface area contributed by atoms with E-state index in [1.807, 2.05) is 13.8 Å². The van der Waals surface area contributed by atoms with Crippen LogP contribution < -0.4 is 5.32 Å². The molecule has 18 heavy (non-hydrogen) atoms. The van der Waals surface area contributed by atoms with E-state index in [9.17, 15) is 9.59 Å². The predicted octanol–water partition coefficient (Wildman–Crippen LogP) is 1.68. The van der Waals surface area contributed by atoms with Gasteiger partial charge in [-0.15, -0.1) is 6.42 Å². The minimum Gasteiger partial charge on any atom is -0.480 e. The zero-order chi connectivity index (χ0) is 14.0. The Balaban J connectivity index is 4.45. The van der Waals surface area contributed by atoms with Crippen LogP contribution in [0, 0.1) is 12.3 Å². The van der Waals surface area contributed by atoms with Gasteiger partial charge in [-0.05, 0) is 12.8 Å². The molecule has 0 aromatic heterocycles. The van der Waals surface area contributed by atoms with Gasteiger partial charge in [-0.1, -0.05) is 32.6 Å². The first kappa shape index (κ1) is 16.3. The number of unbranched alkanes of at least 4 members (excludes halogenated alkanes) is 1. The summed E-state index contributed by atoms with van der Waals surface area (Å²) in [4.78, 5) is 24.3. The van der Waals surface area contributed by atoms with E-state index in [1.54, 1.807) is 0 Å². The molecule has 0 aliphatic rings. The number of carbonyl (C=O) groups is 2. The molecule has 0 rings (SSSR count). The van der Waals surface area contributed by atoms with E-state index in [2.05, 4.69) is 11.2 Å². The third kappa shape index (κ3) is 6.14. The maximum Gasteiger partial charge on any atom is 0.326 e. The van der Waals surface area contributed by atoms with Crippen LogP contribution in [0.1, 0.15) is 39.5 Å². The van der Waals surface area contributed by atoms with E-state index in [1.165, 1.54) is 4.90 Å². The first-order valence-corrected chi connectivity index (χ1v) is 6.28. The van der Waals surface area contributed by atoms with Gasteiger partial charge in [-0.2, -0.15) is 0 Å². The largest absolute Gasteiger partial charge is 0.480 e. The molecule has 0 saturated carbocycles. The van der Waals surface area contributed by atoms with Crippen LogP contribution in [-0.2, 0) is 4.79 Å². The van der Waals surface area contributed by atoms with Crippen molar-refractivity contribution in [1.82, 2.24) is 10.2 Å². The van der Waals surface area contributed by atoms with Crippen LogP contribution in [0.4, 0.5) is 4.79 Å². The molecular weight excluding hydrogens is 232 g/mol. The van der Waals surface area contributed by atoms with Crippen molar-refractivity contribution in [3.05, 3.63) is 0 Å². The monoisotopic (exact) mass is 254 g/mol. The molecule has 0 unspecified atom stereocenters. The van der Waals surface area contributed by atoms with Crippen molar-refractivity contribution in [2.75, 3.05) is 13.1 Å². The third-order valence-corrected chi connectivity index (χ3v) is 2.51. The summed E-state index contributed by atoms with van der Waals surface area (Å²) in [6, 6.07) is -1.24. The number of urea groups is 1. The fourth-order valence-electron chi connectivity index (χ4n) is 1.54. The number of nitrogens with one attached hydrogen (secondary N) is 1. The molecule has 0 heterocycles. The number of nitrogens with zero attached hydrogens (tertiary/aromatic N) is 1. The Morgan fingerprint density at radius 3 is 2.50 bits per heavy atom. The van der Waals surface area contributed by atoms with Gasteiger partial charge in [0.25, 0.3) is 0 Å². The Morgan fingerprint density at radius 2 is 2.06 bits per heavy atom. The molecule has 0 bridgehead atoms. The fraction of sp³-hybridized carbons (Fsp3) is 0.692. The SMILES string of the molecule is C#CCN(CCC)C(=O)N[C@@H](CCCC)C(=O)O. The maximum atomic E-state index is 11.9. The number of hydrogen-bond donors (Lipinski definition) is 2. The Kier molecular flexibility index (Phi) is 8.46. The number of amides is 2. The topological polar surface area (TPSA) is 69.6 Å². The summed E-state index contributed by atoms with van der Waals surface area (Å²) in [6.07, 6.45) is 8.05. The minimum atomic E-state index is -1.01. The lowest BCUT2D eigenvalue weighted by Crippen LogP contribution is -2.48. The molecule has 1 atom stereocenters. The highest BCUT2D eigenvalue weighted by Gasteiger charge is 2.21. The van der Waals surface area contributed by atoms with E-state index >= 15 is 0 Å². The van der Waals surface area contributed by atoms with Crippen molar-refractivity contribution in [3.8, 4) is 12.3 Å². The molecular formula is C13H22N2O3. The van der Waals surface area contributed by atoms with Crippen molar-refractivity contribution in [1.29, 1.82) is 0 Å². The zero-order valence-corrected chi connectivity index (χ0v) is 11.1. The number of aliphatic carboxylic acids is 1. The molecule has 5 heteroatoms. The van der Waals surface area contributed by atoms with Crippen LogP contribution in [0.15, 0.2) is 0 Å². The number of carboxylic acids is 1. The lowest BCUT2D eigenvalue weighted by atomic mass is 10.1. The minimum absolute atomic E-state index is 0.194. The van der Waals surface area contributed by atoms with E-state index in [-0.39, 0.29) is 6.54 Å². The van der Waals surface area contributed by atoms with Crippen molar-refractivity contribution < 1.29 is 14.7 Å². The standard InChI is InChI=1S/C13H22N2O3/c1-4-7-8-11(12(16)17)14-13(18)15(9-5-2)10-6-3/h2,11H,4,6-10H2,1,3H3,(H,14,18)(H,16,17)/t11-/m0/s1. The van der Waals surface area contributed by atoms with Crippen LogP contribution in [-0.4, -0.2) is 41.1 Å². The molecule has 0 fully saturated rings. The van der Waals surface area contributed by atoms with Gasteiger partial charge in [-0.3, -0.25) is 0 Å². The van der Waals surface area contributed by atoms with Gasteiger partial charge in [0, 0.05) is 6.54 Å². The highest BCUT2D eigenvalue weighted by Crippen LogP contribution is 2.02. The number of terminal acetylenes is 1. The molecule has 0 aliphatic carbocycles. The molecule has 5 nitrogen and oxygen atoms in total. The van der Waals surface area contributed by atoms with Gasteiger partial charge in [0.15, 0.2) is 0 Å². The van der Waals surface area contributed by atoms with Gasteiger partial charge < -0.3 is 15.3 Å². The Bertz CT molecular complexity index is 310. The number of carboxylic acid groups (broad SMARTS) is 1. The average molecular weight is 254 g/mol. The molecule has 0 spiro atoms. The number of rotatable bonds is 8. The van der Waals surface area contributed by atoms with Gasteiger partial charge in [0.2, 0.25) is 0 Å². The van der Waals surface area contributed by atoms with Crippen LogP contribution in [0.3, 0.4) is 0 Å². The average Bonchev–Trinajstić information content (AvgIpc) is 2.33. The van der Waals surface area contributed by atoms with Crippen LogP contribution in [0.5, 0.6) is 0 Å². The van der Waals surface area contributed by atoms with Crippen molar-refractivity contribution in [2.45, 2.75) is 45.6 Å². The second-order valence-corrected chi connectivity index (χ2v) is 4.11.